The maximum absolute atomic E-state index is 6.02. The summed E-state index contributed by atoms with van der Waals surface area (Å²) < 4.78 is 1.87. The Kier molecular flexibility index (Phi) is 2.74. The van der Waals surface area contributed by atoms with Crippen LogP contribution >= 0.6 is 0 Å². The molecule has 102 valence electrons. The molecule has 0 aliphatic carbocycles. The summed E-state index contributed by atoms with van der Waals surface area (Å²) in [6.45, 7) is 6.60. The van der Waals surface area contributed by atoms with Crippen LogP contribution < -0.4 is 5.73 Å². The van der Waals surface area contributed by atoms with Gasteiger partial charge < -0.3 is 5.73 Å². The molecule has 0 aliphatic rings. The minimum Gasteiger partial charge on any atom is -0.385 e. The Balaban J connectivity index is 2.12. The van der Waals surface area contributed by atoms with E-state index in [-0.39, 0.29) is 5.41 Å². The first-order chi connectivity index (χ1) is 9.47. The van der Waals surface area contributed by atoms with Crippen LogP contribution in [-0.4, -0.2) is 14.6 Å². The second-order valence-corrected chi connectivity index (χ2v) is 6.00. The van der Waals surface area contributed by atoms with E-state index in [2.05, 4.69) is 55.2 Å². The Morgan fingerprint density at radius 2 is 1.65 bits per heavy atom. The summed E-state index contributed by atoms with van der Waals surface area (Å²) in [5.74, 6) is 1.42. The van der Waals surface area contributed by atoms with Gasteiger partial charge in [-0.2, -0.15) is 0 Å². The molecule has 0 bridgehead atoms. The van der Waals surface area contributed by atoms with Crippen LogP contribution in [0.2, 0.25) is 0 Å². The van der Waals surface area contributed by atoms with E-state index < -0.39 is 0 Å². The van der Waals surface area contributed by atoms with Gasteiger partial charge in [0.2, 0.25) is 0 Å². The Hall–Kier alpha value is -2.36. The molecule has 4 heteroatoms. The second-order valence-electron chi connectivity index (χ2n) is 6.00. The van der Waals surface area contributed by atoms with Crippen LogP contribution in [0.1, 0.15) is 26.3 Å². The highest BCUT2D eigenvalue weighted by atomic mass is 15.3. The van der Waals surface area contributed by atoms with Gasteiger partial charge in [-0.25, -0.2) is 0 Å². The average Bonchev–Trinajstić information content (AvgIpc) is 2.83. The van der Waals surface area contributed by atoms with Crippen LogP contribution in [0.25, 0.3) is 17.0 Å². The third-order valence-corrected chi connectivity index (χ3v) is 3.47. The van der Waals surface area contributed by atoms with E-state index in [1.807, 2.05) is 22.6 Å². The number of hydrogen-bond acceptors (Lipinski definition) is 3. The van der Waals surface area contributed by atoms with Gasteiger partial charge in [-0.1, -0.05) is 51.1 Å². The van der Waals surface area contributed by atoms with E-state index in [1.54, 1.807) is 0 Å². The Morgan fingerprint density at radius 3 is 2.30 bits per heavy atom. The smallest absolute Gasteiger partial charge is 0.169 e. The number of nitrogens with two attached hydrogens (primary N) is 1. The van der Waals surface area contributed by atoms with E-state index in [4.69, 9.17) is 5.73 Å². The lowest BCUT2D eigenvalue weighted by Crippen LogP contribution is -2.10. The molecule has 0 saturated carbocycles. The monoisotopic (exact) mass is 266 g/mol. The second kappa shape index (κ2) is 4.34. The highest BCUT2D eigenvalue weighted by molar-refractivity contribution is 5.63. The van der Waals surface area contributed by atoms with Gasteiger partial charge in [-0.05, 0) is 23.1 Å². The number of aromatic nitrogens is 3. The quantitative estimate of drug-likeness (QED) is 0.735. The zero-order chi connectivity index (χ0) is 14.3. The molecule has 0 radical (unpaired) electrons. The SMILES string of the molecule is CC(C)(C)c1ccc(-c2nnc3cccc(N)n23)cc1. The van der Waals surface area contributed by atoms with Crippen LogP contribution in [0, 0.1) is 0 Å². The molecule has 0 unspecified atom stereocenters. The van der Waals surface area contributed by atoms with E-state index in [0.29, 0.717) is 5.82 Å². The van der Waals surface area contributed by atoms with Gasteiger partial charge >= 0.3 is 0 Å². The minimum atomic E-state index is 0.143. The van der Waals surface area contributed by atoms with Gasteiger partial charge in [-0.15, -0.1) is 10.2 Å². The lowest BCUT2D eigenvalue weighted by atomic mass is 9.87. The number of pyridine rings is 1. The molecule has 4 nitrogen and oxygen atoms in total. The fraction of sp³-hybridized carbons (Fsp3) is 0.250. The molecule has 0 amide bonds. The molecule has 0 atom stereocenters. The normalized spacial score (nSPS) is 11.9. The van der Waals surface area contributed by atoms with Crippen molar-refractivity contribution in [1.82, 2.24) is 14.6 Å². The molecule has 1 aromatic carbocycles. The van der Waals surface area contributed by atoms with E-state index in [9.17, 15) is 0 Å². The lowest BCUT2D eigenvalue weighted by molar-refractivity contribution is 0.590. The number of fused-ring (bicyclic) bond motifs is 1. The van der Waals surface area contributed by atoms with Crippen molar-refractivity contribution in [2.45, 2.75) is 26.2 Å². The van der Waals surface area contributed by atoms with Gasteiger partial charge in [0.25, 0.3) is 0 Å². The van der Waals surface area contributed by atoms with Crippen LogP contribution in [0.4, 0.5) is 5.82 Å². The zero-order valence-corrected chi connectivity index (χ0v) is 12.0. The zero-order valence-electron chi connectivity index (χ0n) is 12.0. The summed E-state index contributed by atoms with van der Waals surface area (Å²) in [4.78, 5) is 0. The number of benzene rings is 1. The molecule has 2 N–H and O–H groups in total. The van der Waals surface area contributed by atoms with Crippen molar-refractivity contribution in [3.63, 3.8) is 0 Å². The number of hydrogen-bond donors (Lipinski definition) is 1. The highest BCUT2D eigenvalue weighted by Crippen LogP contribution is 2.26. The maximum atomic E-state index is 6.02. The molecule has 3 rings (SSSR count). The van der Waals surface area contributed by atoms with Gasteiger partial charge in [0.1, 0.15) is 5.82 Å². The predicted molar refractivity (Wildman–Crippen MR) is 81.5 cm³/mol. The Bertz CT molecular complexity index is 748. The first-order valence-electron chi connectivity index (χ1n) is 6.67. The van der Waals surface area contributed by atoms with E-state index in [0.717, 1.165) is 17.0 Å². The lowest BCUT2D eigenvalue weighted by Gasteiger charge is -2.19. The van der Waals surface area contributed by atoms with Crippen molar-refractivity contribution >= 4 is 11.5 Å². The van der Waals surface area contributed by atoms with Crippen LogP contribution in [0.5, 0.6) is 0 Å². The Morgan fingerprint density at radius 1 is 0.950 bits per heavy atom. The molecule has 0 spiro atoms. The summed E-state index contributed by atoms with van der Waals surface area (Å²) in [7, 11) is 0. The molecule has 0 aliphatic heterocycles. The molecule has 3 aromatic rings. The van der Waals surface area contributed by atoms with Crippen molar-refractivity contribution < 1.29 is 0 Å². The summed E-state index contributed by atoms with van der Waals surface area (Å²) in [5, 5.41) is 8.41. The molecule has 2 aromatic heterocycles. The molecule has 0 fully saturated rings. The summed E-state index contributed by atoms with van der Waals surface area (Å²) in [6, 6.07) is 14.0. The van der Waals surface area contributed by atoms with Gasteiger partial charge in [-0.3, -0.25) is 4.40 Å². The maximum Gasteiger partial charge on any atom is 0.169 e. The third-order valence-electron chi connectivity index (χ3n) is 3.47. The largest absolute Gasteiger partial charge is 0.385 e. The van der Waals surface area contributed by atoms with Crippen LogP contribution in [-0.2, 0) is 5.41 Å². The number of anilines is 1. The standard InChI is InChI=1S/C16H18N4/c1-16(2,3)12-9-7-11(8-10-12)15-19-18-14-6-4-5-13(17)20(14)15/h4-10H,17H2,1-3H3. The fourth-order valence-corrected chi connectivity index (χ4v) is 2.27. The fourth-order valence-electron chi connectivity index (χ4n) is 2.27. The molecular weight excluding hydrogens is 248 g/mol. The van der Waals surface area contributed by atoms with Crippen molar-refractivity contribution in [2.75, 3.05) is 5.73 Å². The van der Waals surface area contributed by atoms with Crippen molar-refractivity contribution in [3.05, 3.63) is 48.0 Å². The molecule has 2 heterocycles. The summed E-state index contributed by atoms with van der Waals surface area (Å²) >= 11 is 0. The molecule has 20 heavy (non-hydrogen) atoms. The topological polar surface area (TPSA) is 56.2 Å². The number of nitrogen functional groups attached to an aromatic ring is 1. The van der Waals surface area contributed by atoms with E-state index in [1.165, 1.54) is 5.56 Å². The number of nitrogens with zero attached hydrogens (tertiary/aromatic N) is 3. The van der Waals surface area contributed by atoms with Gasteiger partial charge in [0, 0.05) is 5.56 Å². The third kappa shape index (κ3) is 2.03. The van der Waals surface area contributed by atoms with Crippen LogP contribution in [0.3, 0.4) is 0 Å². The average molecular weight is 266 g/mol. The van der Waals surface area contributed by atoms with Crippen LogP contribution in [0.15, 0.2) is 42.5 Å². The van der Waals surface area contributed by atoms with Gasteiger partial charge in [0.15, 0.2) is 11.5 Å². The molecule has 0 saturated heterocycles. The highest BCUT2D eigenvalue weighted by Gasteiger charge is 2.15. The first-order valence-corrected chi connectivity index (χ1v) is 6.67. The minimum absolute atomic E-state index is 0.143. The van der Waals surface area contributed by atoms with Crippen molar-refractivity contribution in [3.8, 4) is 11.4 Å². The predicted octanol–water partition coefficient (Wildman–Crippen LogP) is 3.28. The van der Waals surface area contributed by atoms with E-state index >= 15 is 0 Å². The number of rotatable bonds is 1. The summed E-state index contributed by atoms with van der Waals surface area (Å²) in [6.07, 6.45) is 0. The summed E-state index contributed by atoms with van der Waals surface area (Å²) in [5.41, 5.74) is 9.24. The first kappa shape index (κ1) is 12.7. The molecular formula is C16H18N4. The van der Waals surface area contributed by atoms with Crippen molar-refractivity contribution in [2.24, 2.45) is 0 Å². The van der Waals surface area contributed by atoms with Gasteiger partial charge in [0.05, 0.1) is 0 Å². The van der Waals surface area contributed by atoms with Crippen molar-refractivity contribution in [1.29, 1.82) is 0 Å². The Labute approximate surface area is 118 Å².